The number of rotatable bonds is 3. The van der Waals surface area contributed by atoms with E-state index in [-0.39, 0.29) is 0 Å². The maximum absolute atomic E-state index is 4.46. The van der Waals surface area contributed by atoms with Crippen LogP contribution in [0.25, 0.3) is 0 Å². The smallest absolute Gasteiger partial charge is 0.183 e. The molecule has 0 bridgehead atoms. The highest BCUT2D eigenvalue weighted by atomic mass is 32.1. The molecular weight excluding hydrogens is 168 g/mol. The molecule has 1 aromatic rings. The van der Waals surface area contributed by atoms with Crippen molar-refractivity contribution in [3.8, 4) is 0 Å². The second-order valence-corrected chi connectivity index (χ2v) is 4.54. The molecule has 12 heavy (non-hydrogen) atoms. The number of anilines is 1. The quantitative estimate of drug-likeness (QED) is 0.777. The van der Waals surface area contributed by atoms with Crippen LogP contribution in [0.1, 0.15) is 32.4 Å². The fourth-order valence-electron chi connectivity index (χ4n) is 1.10. The molecule has 0 amide bonds. The van der Waals surface area contributed by atoms with E-state index >= 15 is 0 Å². The molecule has 3 heteroatoms. The molecule has 1 fully saturated rings. The van der Waals surface area contributed by atoms with Crippen LogP contribution >= 0.6 is 11.3 Å². The van der Waals surface area contributed by atoms with Crippen LogP contribution in [0, 0.1) is 0 Å². The maximum atomic E-state index is 4.46. The second-order valence-electron chi connectivity index (χ2n) is 3.68. The summed E-state index contributed by atoms with van der Waals surface area (Å²) in [4.78, 5) is 4.46. The third-order valence-corrected chi connectivity index (χ3v) is 3.13. The Labute approximate surface area is 77.0 Å². The summed E-state index contributed by atoms with van der Waals surface area (Å²) in [7, 11) is 0. The number of hydrogen-bond acceptors (Lipinski definition) is 3. The van der Waals surface area contributed by atoms with Gasteiger partial charge in [0, 0.05) is 10.9 Å². The number of nitrogens with zero attached hydrogens (tertiary/aromatic N) is 1. The Morgan fingerprint density at radius 1 is 1.67 bits per heavy atom. The van der Waals surface area contributed by atoms with Crippen molar-refractivity contribution in [1.29, 1.82) is 0 Å². The lowest BCUT2D eigenvalue weighted by Gasteiger charge is -2.08. The van der Waals surface area contributed by atoms with Crippen LogP contribution in [0.5, 0.6) is 0 Å². The molecule has 0 spiro atoms. The van der Waals surface area contributed by atoms with E-state index in [0.717, 1.165) is 11.6 Å². The molecule has 1 N–H and O–H groups in total. The minimum atomic E-state index is 0.364. The monoisotopic (exact) mass is 182 g/mol. The van der Waals surface area contributed by atoms with Crippen molar-refractivity contribution in [2.45, 2.75) is 38.6 Å². The van der Waals surface area contributed by atoms with E-state index in [2.05, 4.69) is 29.5 Å². The second kappa shape index (κ2) is 2.73. The van der Waals surface area contributed by atoms with Gasteiger partial charge in [0.2, 0.25) is 0 Å². The van der Waals surface area contributed by atoms with Crippen LogP contribution in [0.4, 0.5) is 5.13 Å². The summed E-state index contributed by atoms with van der Waals surface area (Å²) in [5, 5.41) is 6.68. The van der Waals surface area contributed by atoms with Crippen molar-refractivity contribution < 1.29 is 0 Å². The number of hydrogen-bond donors (Lipinski definition) is 1. The van der Waals surface area contributed by atoms with E-state index in [4.69, 9.17) is 0 Å². The first-order chi connectivity index (χ1) is 5.72. The number of aromatic nitrogens is 1. The standard InChI is InChI=1S/C9H14N2S/c1-3-7-6-12-8(10-7)11-9(2)4-5-9/h6H,3-5H2,1-2H3,(H,10,11). The van der Waals surface area contributed by atoms with Crippen LogP contribution in [-0.4, -0.2) is 10.5 Å². The van der Waals surface area contributed by atoms with E-state index in [0.29, 0.717) is 5.54 Å². The fourth-order valence-corrected chi connectivity index (χ4v) is 2.04. The molecule has 1 aromatic heterocycles. The SMILES string of the molecule is CCc1csc(NC2(C)CC2)n1. The summed E-state index contributed by atoms with van der Waals surface area (Å²) >= 11 is 1.72. The highest BCUT2D eigenvalue weighted by Gasteiger charge is 2.37. The predicted molar refractivity (Wildman–Crippen MR) is 52.8 cm³/mol. The van der Waals surface area contributed by atoms with Crippen molar-refractivity contribution in [3.63, 3.8) is 0 Å². The highest BCUT2D eigenvalue weighted by Crippen LogP contribution is 2.38. The van der Waals surface area contributed by atoms with E-state index in [1.54, 1.807) is 11.3 Å². The van der Waals surface area contributed by atoms with Gasteiger partial charge in [-0.3, -0.25) is 0 Å². The first-order valence-electron chi connectivity index (χ1n) is 4.44. The molecule has 2 nitrogen and oxygen atoms in total. The Hall–Kier alpha value is -0.570. The number of nitrogens with one attached hydrogen (secondary N) is 1. The van der Waals surface area contributed by atoms with Gasteiger partial charge >= 0.3 is 0 Å². The molecule has 0 unspecified atom stereocenters. The third kappa shape index (κ3) is 1.61. The van der Waals surface area contributed by atoms with Gasteiger partial charge in [-0.05, 0) is 26.2 Å². The van der Waals surface area contributed by atoms with Crippen molar-refractivity contribution in [1.82, 2.24) is 4.98 Å². The number of aryl methyl sites for hydroxylation is 1. The van der Waals surface area contributed by atoms with Gasteiger partial charge < -0.3 is 5.32 Å². The van der Waals surface area contributed by atoms with Gasteiger partial charge in [-0.15, -0.1) is 11.3 Å². The molecule has 0 aromatic carbocycles. The van der Waals surface area contributed by atoms with E-state index < -0.39 is 0 Å². The maximum Gasteiger partial charge on any atom is 0.183 e. The van der Waals surface area contributed by atoms with E-state index in [1.165, 1.54) is 18.5 Å². The Balaban J connectivity index is 2.03. The zero-order valence-corrected chi connectivity index (χ0v) is 8.37. The summed E-state index contributed by atoms with van der Waals surface area (Å²) in [5.41, 5.74) is 1.56. The van der Waals surface area contributed by atoms with Crippen molar-refractivity contribution in [2.75, 3.05) is 5.32 Å². The number of thiazole rings is 1. The van der Waals surface area contributed by atoms with Gasteiger partial charge in [-0.25, -0.2) is 4.98 Å². The van der Waals surface area contributed by atoms with Gasteiger partial charge in [-0.1, -0.05) is 6.92 Å². The van der Waals surface area contributed by atoms with Crippen LogP contribution in [-0.2, 0) is 6.42 Å². The zero-order valence-electron chi connectivity index (χ0n) is 7.55. The normalized spacial score (nSPS) is 19.2. The molecule has 1 saturated carbocycles. The minimum absolute atomic E-state index is 0.364. The van der Waals surface area contributed by atoms with Crippen LogP contribution in [0.2, 0.25) is 0 Å². The predicted octanol–water partition coefficient (Wildman–Crippen LogP) is 2.67. The molecule has 1 aliphatic carbocycles. The molecule has 0 aliphatic heterocycles. The first kappa shape index (κ1) is 8.05. The third-order valence-electron chi connectivity index (χ3n) is 2.32. The van der Waals surface area contributed by atoms with Crippen LogP contribution < -0.4 is 5.32 Å². The summed E-state index contributed by atoms with van der Waals surface area (Å²) in [6.45, 7) is 4.39. The lowest BCUT2D eigenvalue weighted by Crippen LogP contribution is -2.15. The Morgan fingerprint density at radius 2 is 2.42 bits per heavy atom. The average molecular weight is 182 g/mol. The minimum Gasteiger partial charge on any atom is -0.356 e. The molecule has 0 radical (unpaired) electrons. The van der Waals surface area contributed by atoms with Crippen molar-refractivity contribution in [3.05, 3.63) is 11.1 Å². The molecule has 0 atom stereocenters. The Kier molecular flexibility index (Phi) is 1.83. The molecule has 1 aliphatic rings. The first-order valence-corrected chi connectivity index (χ1v) is 5.32. The Morgan fingerprint density at radius 3 is 2.92 bits per heavy atom. The van der Waals surface area contributed by atoms with Crippen LogP contribution in [0.3, 0.4) is 0 Å². The molecular formula is C9H14N2S. The van der Waals surface area contributed by atoms with Gasteiger partial charge in [0.15, 0.2) is 5.13 Å². The Bertz CT molecular complexity index is 276. The highest BCUT2D eigenvalue weighted by molar-refractivity contribution is 7.13. The van der Waals surface area contributed by atoms with Gasteiger partial charge in [0.25, 0.3) is 0 Å². The molecule has 2 rings (SSSR count). The summed E-state index contributed by atoms with van der Waals surface area (Å²) in [6.07, 6.45) is 3.61. The summed E-state index contributed by atoms with van der Waals surface area (Å²) in [6, 6.07) is 0. The zero-order chi connectivity index (χ0) is 8.60. The van der Waals surface area contributed by atoms with Gasteiger partial charge in [0.1, 0.15) is 0 Å². The largest absolute Gasteiger partial charge is 0.356 e. The topological polar surface area (TPSA) is 24.9 Å². The molecule has 66 valence electrons. The van der Waals surface area contributed by atoms with Crippen molar-refractivity contribution >= 4 is 16.5 Å². The lowest BCUT2D eigenvalue weighted by molar-refractivity contribution is 0.825. The van der Waals surface area contributed by atoms with Crippen molar-refractivity contribution in [2.24, 2.45) is 0 Å². The van der Waals surface area contributed by atoms with Gasteiger partial charge in [0.05, 0.1) is 5.69 Å². The van der Waals surface area contributed by atoms with Gasteiger partial charge in [-0.2, -0.15) is 0 Å². The van der Waals surface area contributed by atoms with E-state index in [9.17, 15) is 0 Å². The summed E-state index contributed by atoms with van der Waals surface area (Å²) < 4.78 is 0. The lowest BCUT2D eigenvalue weighted by atomic mass is 10.3. The summed E-state index contributed by atoms with van der Waals surface area (Å²) in [5.74, 6) is 0. The molecule has 1 heterocycles. The van der Waals surface area contributed by atoms with E-state index in [1.807, 2.05) is 0 Å². The molecule has 0 saturated heterocycles. The van der Waals surface area contributed by atoms with Crippen LogP contribution in [0.15, 0.2) is 5.38 Å². The average Bonchev–Trinajstić information content (AvgIpc) is 2.63. The fraction of sp³-hybridized carbons (Fsp3) is 0.667.